The molecule has 0 spiro atoms. The molecule has 0 saturated carbocycles. The monoisotopic (exact) mass is 480 g/mol. The first-order chi connectivity index (χ1) is 16.9. The number of benzene rings is 2. The van der Waals surface area contributed by atoms with Crippen LogP contribution in [0, 0.1) is 5.92 Å². The van der Waals surface area contributed by atoms with Crippen molar-refractivity contribution >= 4 is 18.0 Å². The molecule has 0 aromatic heterocycles. The highest BCUT2D eigenvalue weighted by Crippen LogP contribution is 2.44. The SMILES string of the molecule is CC1CCCN(C(=O)C(CC(=O)O)NC(=O)OCC2c3ccccc3-c3ccccc32)C1CCO. The molecule has 1 fully saturated rings. The van der Waals surface area contributed by atoms with Crippen LogP contribution in [0.1, 0.15) is 49.7 Å². The Morgan fingerprint density at radius 3 is 2.31 bits per heavy atom. The van der Waals surface area contributed by atoms with Crippen LogP contribution in [0.15, 0.2) is 48.5 Å². The second kappa shape index (κ2) is 10.9. The van der Waals surface area contributed by atoms with Gasteiger partial charge in [0, 0.05) is 25.1 Å². The average Bonchev–Trinajstić information content (AvgIpc) is 3.17. The summed E-state index contributed by atoms with van der Waals surface area (Å²) in [5, 5.41) is 21.3. The Morgan fingerprint density at radius 1 is 1.09 bits per heavy atom. The minimum Gasteiger partial charge on any atom is -0.481 e. The summed E-state index contributed by atoms with van der Waals surface area (Å²) >= 11 is 0. The first kappa shape index (κ1) is 24.7. The number of piperidine rings is 1. The van der Waals surface area contributed by atoms with E-state index < -0.39 is 30.4 Å². The molecule has 2 aliphatic rings. The van der Waals surface area contributed by atoms with Gasteiger partial charge in [-0.2, -0.15) is 0 Å². The molecule has 0 bridgehead atoms. The first-order valence-electron chi connectivity index (χ1n) is 12.1. The average molecular weight is 481 g/mol. The number of alkyl carbamates (subject to hydrolysis) is 1. The fourth-order valence-electron chi connectivity index (χ4n) is 5.45. The third kappa shape index (κ3) is 5.32. The van der Waals surface area contributed by atoms with Crippen LogP contribution in [0.25, 0.3) is 11.1 Å². The number of carbonyl (C=O) groups is 3. The van der Waals surface area contributed by atoms with Crippen LogP contribution in [0.5, 0.6) is 0 Å². The zero-order valence-corrected chi connectivity index (χ0v) is 19.9. The molecule has 1 aliphatic carbocycles. The zero-order chi connectivity index (χ0) is 24.9. The van der Waals surface area contributed by atoms with Gasteiger partial charge in [-0.3, -0.25) is 9.59 Å². The fraction of sp³-hybridized carbons (Fsp3) is 0.444. The number of amides is 2. The Labute approximate surface area is 204 Å². The lowest BCUT2D eigenvalue weighted by Crippen LogP contribution is -2.56. The largest absolute Gasteiger partial charge is 0.481 e. The van der Waals surface area contributed by atoms with Crippen LogP contribution in [0.2, 0.25) is 0 Å². The smallest absolute Gasteiger partial charge is 0.407 e. The van der Waals surface area contributed by atoms with Gasteiger partial charge in [0.2, 0.25) is 5.91 Å². The van der Waals surface area contributed by atoms with Crippen LogP contribution < -0.4 is 5.32 Å². The minimum absolute atomic E-state index is 0.0673. The number of aliphatic hydroxyl groups excluding tert-OH is 1. The van der Waals surface area contributed by atoms with Crippen LogP contribution in [-0.4, -0.2) is 64.9 Å². The Bertz CT molecular complexity index is 1040. The van der Waals surface area contributed by atoms with E-state index >= 15 is 0 Å². The van der Waals surface area contributed by atoms with Crippen molar-refractivity contribution in [3.8, 4) is 11.1 Å². The minimum atomic E-state index is -1.24. The third-order valence-electron chi connectivity index (χ3n) is 7.14. The fourth-order valence-corrected chi connectivity index (χ4v) is 5.45. The van der Waals surface area contributed by atoms with Crippen LogP contribution >= 0.6 is 0 Å². The van der Waals surface area contributed by atoms with Crippen LogP contribution in [-0.2, 0) is 14.3 Å². The van der Waals surface area contributed by atoms with E-state index in [-0.39, 0.29) is 31.1 Å². The van der Waals surface area contributed by atoms with Crippen LogP contribution in [0.3, 0.4) is 0 Å². The summed E-state index contributed by atoms with van der Waals surface area (Å²) in [6.45, 7) is 2.49. The van der Waals surface area contributed by atoms with Crippen molar-refractivity contribution < 1.29 is 29.3 Å². The summed E-state index contributed by atoms with van der Waals surface area (Å²) in [5.41, 5.74) is 4.33. The lowest BCUT2D eigenvalue weighted by Gasteiger charge is -2.41. The van der Waals surface area contributed by atoms with Gasteiger partial charge >= 0.3 is 12.1 Å². The molecule has 1 heterocycles. The van der Waals surface area contributed by atoms with Crippen LogP contribution in [0.4, 0.5) is 4.79 Å². The van der Waals surface area contributed by atoms with Gasteiger partial charge in [0.05, 0.1) is 6.42 Å². The number of rotatable bonds is 8. The van der Waals surface area contributed by atoms with Gasteiger partial charge in [-0.05, 0) is 47.4 Å². The second-order valence-corrected chi connectivity index (χ2v) is 9.35. The first-order valence-corrected chi connectivity index (χ1v) is 12.1. The summed E-state index contributed by atoms with van der Waals surface area (Å²) in [6, 6.07) is 14.5. The van der Waals surface area contributed by atoms with E-state index in [1.807, 2.05) is 55.5 Å². The molecule has 3 N–H and O–H groups in total. The van der Waals surface area contributed by atoms with Gasteiger partial charge in [0.15, 0.2) is 0 Å². The Morgan fingerprint density at radius 2 is 1.71 bits per heavy atom. The van der Waals surface area contributed by atoms with E-state index in [4.69, 9.17) is 4.74 Å². The van der Waals surface area contributed by atoms with E-state index in [1.165, 1.54) is 0 Å². The number of ether oxygens (including phenoxy) is 1. The molecule has 8 heteroatoms. The molecule has 35 heavy (non-hydrogen) atoms. The summed E-state index contributed by atoms with van der Waals surface area (Å²) in [6.07, 6.45) is 0.768. The number of nitrogens with one attached hydrogen (secondary N) is 1. The number of carboxylic acid groups (broad SMARTS) is 1. The summed E-state index contributed by atoms with van der Waals surface area (Å²) in [4.78, 5) is 39.1. The number of aliphatic hydroxyl groups is 1. The maximum Gasteiger partial charge on any atom is 0.407 e. The summed E-state index contributed by atoms with van der Waals surface area (Å²) in [7, 11) is 0. The van der Waals surface area contributed by atoms with Crippen molar-refractivity contribution in [3.05, 3.63) is 59.7 Å². The maximum absolute atomic E-state index is 13.3. The highest BCUT2D eigenvalue weighted by Gasteiger charge is 2.37. The molecule has 186 valence electrons. The highest BCUT2D eigenvalue weighted by atomic mass is 16.5. The van der Waals surface area contributed by atoms with E-state index in [0.29, 0.717) is 13.0 Å². The maximum atomic E-state index is 13.3. The van der Waals surface area contributed by atoms with Crippen molar-refractivity contribution in [2.24, 2.45) is 5.92 Å². The topological polar surface area (TPSA) is 116 Å². The van der Waals surface area contributed by atoms with Crippen molar-refractivity contribution in [2.75, 3.05) is 19.8 Å². The Hall–Kier alpha value is -3.39. The van der Waals surface area contributed by atoms with Gasteiger partial charge in [-0.1, -0.05) is 55.5 Å². The zero-order valence-electron chi connectivity index (χ0n) is 19.9. The molecule has 1 aliphatic heterocycles. The molecule has 2 aromatic carbocycles. The normalized spacial score (nSPS) is 20.0. The van der Waals surface area contributed by atoms with E-state index in [9.17, 15) is 24.6 Å². The van der Waals surface area contributed by atoms with Gasteiger partial charge in [0.25, 0.3) is 0 Å². The highest BCUT2D eigenvalue weighted by molar-refractivity contribution is 5.89. The van der Waals surface area contributed by atoms with Crippen molar-refractivity contribution in [1.29, 1.82) is 0 Å². The van der Waals surface area contributed by atoms with E-state index in [2.05, 4.69) is 5.32 Å². The number of likely N-dealkylation sites (tertiary alicyclic amines) is 1. The number of carboxylic acids is 1. The third-order valence-corrected chi connectivity index (χ3v) is 7.14. The van der Waals surface area contributed by atoms with E-state index in [0.717, 1.165) is 35.1 Å². The molecule has 2 aromatic rings. The molecule has 3 atom stereocenters. The number of hydrogen-bond acceptors (Lipinski definition) is 5. The number of nitrogens with zero attached hydrogens (tertiary/aromatic N) is 1. The van der Waals surface area contributed by atoms with Crippen molar-refractivity contribution in [2.45, 2.75) is 50.6 Å². The lowest BCUT2D eigenvalue weighted by atomic mass is 9.88. The Kier molecular flexibility index (Phi) is 7.70. The number of hydrogen-bond donors (Lipinski definition) is 3. The summed E-state index contributed by atoms with van der Waals surface area (Å²) < 4.78 is 5.53. The molecule has 1 saturated heterocycles. The Balaban J connectivity index is 1.45. The van der Waals surface area contributed by atoms with Gasteiger partial charge in [-0.15, -0.1) is 0 Å². The van der Waals surface area contributed by atoms with Gasteiger partial charge in [-0.25, -0.2) is 4.79 Å². The standard InChI is InChI=1S/C27H32N2O6/c1-17-7-6-13-29(24(17)12-14-30)26(33)23(15-25(31)32)28-27(34)35-16-22-20-10-4-2-8-18(20)19-9-3-5-11-21(19)22/h2-5,8-11,17,22-24,30H,6-7,12-16H2,1H3,(H,28,34)(H,31,32). The molecule has 2 amide bonds. The summed E-state index contributed by atoms with van der Waals surface area (Å²) in [5.74, 6) is -1.60. The number of fused-ring (bicyclic) bond motifs is 3. The molecule has 4 rings (SSSR count). The number of aliphatic carboxylic acids is 1. The van der Waals surface area contributed by atoms with Gasteiger partial charge < -0.3 is 25.2 Å². The number of carbonyl (C=O) groups excluding carboxylic acids is 2. The van der Waals surface area contributed by atoms with Crippen molar-refractivity contribution in [1.82, 2.24) is 10.2 Å². The molecular weight excluding hydrogens is 448 g/mol. The van der Waals surface area contributed by atoms with E-state index in [1.54, 1.807) is 4.90 Å². The molecular formula is C27H32N2O6. The predicted octanol–water partition coefficient (Wildman–Crippen LogP) is 3.38. The second-order valence-electron chi connectivity index (χ2n) is 9.35. The molecule has 8 nitrogen and oxygen atoms in total. The predicted molar refractivity (Wildman–Crippen MR) is 130 cm³/mol. The molecule has 0 radical (unpaired) electrons. The quantitative estimate of drug-likeness (QED) is 0.533. The van der Waals surface area contributed by atoms with Gasteiger partial charge in [0.1, 0.15) is 12.6 Å². The van der Waals surface area contributed by atoms with Crippen molar-refractivity contribution in [3.63, 3.8) is 0 Å². The molecule has 3 unspecified atom stereocenters. The lowest BCUT2D eigenvalue weighted by molar-refractivity contribution is -0.145.